The Labute approximate surface area is 182 Å². The van der Waals surface area contributed by atoms with E-state index in [1.165, 1.54) is 12.2 Å². The largest absolute Gasteiger partial charge is 0.513 e. The zero-order chi connectivity index (χ0) is 23.8. The second kappa shape index (κ2) is 11.3. The van der Waals surface area contributed by atoms with Crippen molar-refractivity contribution in [2.75, 3.05) is 0 Å². The van der Waals surface area contributed by atoms with E-state index in [1.807, 2.05) is 27.7 Å². The minimum Gasteiger partial charge on any atom is -0.398 e. The Morgan fingerprint density at radius 1 is 0.700 bits per heavy atom. The molecular formula is C23H42O7. The molecule has 0 rings (SSSR count). The summed E-state index contributed by atoms with van der Waals surface area (Å²) in [6, 6.07) is 0. The number of carbonyl (C=O) groups excluding carboxylic acids is 1. The van der Waals surface area contributed by atoms with E-state index in [0.29, 0.717) is 0 Å². The topological polar surface area (TPSA) is 72.5 Å². The molecule has 0 aliphatic carbocycles. The molecule has 7 heteroatoms. The summed E-state index contributed by atoms with van der Waals surface area (Å²) in [6.45, 7) is 27.3. The van der Waals surface area contributed by atoms with Crippen molar-refractivity contribution < 1.29 is 33.8 Å². The van der Waals surface area contributed by atoms with Gasteiger partial charge in [-0.15, -0.1) is 0 Å². The fraction of sp³-hybridized carbons (Fsp3) is 0.783. The monoisotopic (exact) mass is 430 g/mol. The highest BCUT2D eigenvalue weighted by molar-refractivity contribution is 5.60. The minimum atomic E-state index is -1.15. The van der Waals surface area contributed by atoms with Crippen molar-refractivity contribution in [2.24, 2.45) is 10.8 Å². The summed E-state index contributed by atoms with van der Waals surface area (Å²) in [7, 11) is 0. The van der Waals surface area contributed by atoms with Crippen LogP contribution in [0.25, 0.3) is 0 Å². The summed E-state index contributed by atoms with van der Waals surface area (Å²) >= 11 is 0. The van der Waals surface area contributed by atoms with Crippen molar-refractivity contribution in [3.05, 3.63) is 25.3 Å². The molecule has 2 unspecified atom stereocenters. The van der Waals surface area contributed by atoms with Crippen LogP contribution in [0, 0.1) is 10.8 Å². The maximum atomic E-state index is 12.1. The maximum Gasteiger partial charge on any atom is 0.513 e. The van der Waals surface area contributed by atoms with E-state index >= 15 is 0 Å². The van der Waals surface area contributed by atoms with Gasteiger partial charge in [-0.1, -0.05) is 54.7 Å². The van der Waals surface area contributed by atoms with Crippen LogP contribution in [-0.2, 0) is 29.0 Å². The van der Waals surface area contributed by atoms with Gasteiger partial charge in [0.25, 0.3) is 12.6 Å². The Balaban J connectivity index is 4.64. The molecule has 0 aliphatic rings. The SMILES string of the molecule is C=CC(OOC(C)(C)CC(C)(C)C)OC(=O)OC(C=C)OOC(C)(C)CC(C)(C)C. The van der Waals surface area contributed by atoms with Gasteiger partial charge < -0.3 is 9.47 Å². The summed E-state index contributed by atoms with van der Waals surface area (Å²) in [6.07, 6.45) is 0.660. The Morgan fingerprint density at radius 2 is 1.00 bits per heavy atom. The van der Waals surface area contributed by atoms with Crippen LogP contribution >= 0.6 is 0 Å². The standard InChI is InChI=1S/C23H42O7/c1-13-17(27-29-22(9,10)15-20(3,4)5)25-19(24)26-18(14-2)28-30-23(11,12)16-21(6,7)8/h13-14,17-18H,1-2,15-16H2,3-12H3. The summed E-state index contributed by atoms with van der Waals surface area (Å²) in [5.74, 6) is 0. The van der Waals surface area contributed by atoms with Crippen molar-refractivity contribution in [3.63, 3.8) is 0 Å². The average Bonchev–Trinajstić information content (AvgIpc) is 2.50. The van der Waals surface area contributed by atoms with E-state index in [9.17, 15) is 4.79 Å². The molecule has 7 nitrogen and oxygen atoms in total. The number of rotatable bonds is 12. The van der Waals surface area contributed by atoms with Gasteiger partial charge in [0.1, 0.15) is 0 Å². The first-order chi connectivity index (χ1) is 13.4. The van der Waals surface area contributed by atoms with Crippen LogP contribution in [0.15, 0.2) is 25.3 Å². The summed E-state index contributed by atoms with van der Waals surface area (Å²) < 4.78 is 10.1. The molecule has 0 aromatic heterocycles. The molecule has 0 aliphatic heterocycles. The van der Waals surface area contributed by atoms with Gasteiger partial charge in [-0.25, -0.2) is 14.6 Å². The van der Waals surface area contributed by atoms with E-state index in [1.54, 1.807) is 0 Å². The molecule has 0 bridgehead atoms. The van der Waals surface area contributed by atoms with Gasteiger partial charge in [0.2, 0.25) is 0 Å². The number of ether oxygens (including phenoxy) is 2. The predicted molar refractivity (Wildman–Crippen MR) is 116 cm³/mol. The van der Waals surface area contributed by atoms with Crippen molar-refractivity contribution in [1.82, 2.24) is 0 Å². The van der Waals surface area contributed by atoms with Crippen LogP contribution in [0.1, 0.15) is 82.1 Å². The molecule has 30 heavy (non-hydrogen) atoms. The second-order valence-corrected chi connectivity index (χ2v) is 11.0. The second-order valence-electron chi connectivity index (χ2n) is 11.0. The molecule has 176 valence electrons. The van der Waals surface area contributed by atoms with Crippen LogP contribution in [0.2, 0.25) is 0 Å². The molecule has 0 radical (unpaired) electrons. The van der Waals surface area contributed by atoms with Crippen molar-refractivity contribution in [2.45, 2.75) is 106 Å². The van der Waals surface area contributed by atoms with Crippen molar-refractivity contribution in [3.8, 4) is 0 Å². The molecule has 0 saturated heterocycles. The highest BCUT2D eigenvalue weighted by Crippen LogP contribution is 2.31. The first-order valence-electron chi connectivity index (χ1n) is 10.2. The lowest BCUT2D eigenvalue weighted by Gasteiger charge is -2.32. The lowest BCUT2D eigenvalue weighted by Crippen LogP contribution is -2.34. The average molecular weight is 431 g/mol. The quantitative estimate of drug-likeness (QED) is 0.115. The Bertz CT molecular complexity index is 505. The van der Waals surface area contributed by atoms with Gasteiger partial charge in [-0.05, 0) is 63.5 Å². The fourth-order valence-corrected chi connectivity index (χ4v) is 3.40. The molecule has 0 aromatic rings. The van der Waals surface area contributed by atoms with E-state index in [0.717, 1.165) is 12.8 Å². The van der Waals surface area contributed by atoms with Crippen molar-refractivity contribution in [1.29, 1.82) is 0 Å². The van der Waals surface area contributed by atoms with Crippen LogP contribution in [-0.4, -0.2) is 29.9 Å². The molecule has 0 N–H and O–H groups in total. The van der Waals surface area contributed by atoms with Crippen LogP contribution < -0.4 is 0 Å². The Hall–Kier alpha value is -1.41. The van der Waals surface area contributed by atoms with E-state index in [2.05, 4.69) is 54.7 Å². The first kappa shape index (κ1) is 28.6. The van der Waals surface area contributed by atoms with Gasteiger partial charge in [-0.2, -0.15) is 9.78 Å². The third-order valence-electron chi connectivity index (χ3n) is 3.46. The van der Waals surface area contributed by atoms with Gasteiger partial charge >= 0.3 is 6.16 Å². The maximum absolute atomic E-state index is 12.1. The molecular weight excluding hydrogens is 388 g/mol. The number of hydrogen-bond acceptors (Lipinski definition) is 7. The zero-order valence-corrected chi connectivity index (χ0v) is 20.5. The smallest absolute Gasteiger partial charge is 0.398 e. The fourth-order valence-electron chi connectivity index (χ4n) is 3.40. The van der Waals surface area contributed by atoms with Crippen LogP contribution in [0.4, 0.5) is 4.79 Å². The molecule has 0 heterocycles. The summed E-state index contributed by atoms with van der Waals surface area (Å²) in [5.41, 5.74) is -1.12. The number of hydrogen-bond donors (Lipinski definition) is 0. The summed E-state index contributed by atoms with van der Waals surface area (Å²) in [4.78, 5) is 33.4. The lowest BCUT2D eigenvalue weighted by molar-refractivity contribution is -0.414. The Kier molecular flexibility index (Phi) is 10.7. The summed E-state index contributed by atoms with van der Waals surface area (Å²) in [5, 5.41) is 0. The van der Waals surface area contributed by atoms with Gasteiger partial charge in [0.15, 0.2) is 0 Å². The van der Waals surface area contributed by atoms with Gasteiger partial charge in [0, 0.05) is 0 Å². The molecule has 0 saturated carbocycles. The molecule has 0 aromatic carbocycles. The molecule has 0 spiro atoms. The first-order valence-corrected chi connectivity index (χ1v) is 10.2. The van der Waals surface area contributed by atoms with E-state index in [-0.39, 0.29) is 10.8 Å². The molecule has 2 atom stereocenters. The third kappa shape index (κ3) is 14.6. The van der Waals surface area contributed by atoms with Crippen LogP contribution in [0.3, 0.4) is 0 Å². The van der Waals surface area contributed by atoms with Crippen molar-refractivity contribution >= 4 is 6.16 Å². The highest BCUT2D eigenvalue weighted by Gasteiger charge is 2.31. The van der Waals surface area contributed by atoms with Gasteiger partial charge in [0.05, 0.1) is 11.2 Å². The normalized spacial score (nSPS) is 15.3. The third-order valence-corrected chi connectivity index (χ3v) is 3.46. The zero-order valence-electron chi connectivity index (χ0n) is 20.5. The molecule has 0 fully saturated rings. The van der Waals surface area contributed by atoms with E-state index in [4.69, 9.17) is 29.0 Å². The molecule has 0 amide bonds. The lowest BCUT2D eigenvalue weighted by atomic mass is 9.84. The van der Waals surface area contributed by atoms with E-state index < -0.39 is 29.9 Å². The predicted octanol–water partition coefficient (Wildman–Crippen LogP) is 6.49. The minimum absolute atomic E-state index is 0.0333. The highest BCUT2D eigenvalue weighted by atomic mass is 17.2. The Morgan fingerprint density at radius 3 is 1.23 bits per heavy atom. The van der Waals surface area contributed by atoms with Gasteiger partial charge in [-0.3, -0.25) is 0 Å². The van der Waals surface area contributed by atoms with Crippen LogP contribution in [0.5, 0.6) is 0 Å². The number of carbonyl (C=O) groups is 1.